The van der Waals surface area contributed by atoms with Gasteiger partial charge < -0.3 is 11.1 Å². The Kier molecular flexibility index (Phi) is 7.90. The van der Waals surface area contributed by atoms with Gasteiger partial charge in [0, 0.05) is 36.8 Å². The van der Waals surface area contributed by atoms with Crippen LogP contribution in [0.5, 0.6) is 0 Å². The van der Waals surface area contributed by atoms with Crippen LogP contribution in [0.2, 0.25) is 0 Å². The topological polar surface area (TPSA) is 98.2 Å². The number of rotatable bonds is 8. The number of allylic oxidation sites excluding steroid dienone is 2. The van der Waals surface area contributed by atoms with Gasteiger partial charge in [0.2, 0.25) is 0 Å². The highest BCUT2D eigenvalue weighted by Gasteiger charge is 2.40. The van der Waals surface area contributed by atoms with Crippen LogP contribution in [0.25, 0.3) is 5.82 Å². The van der Waals surface area contributed by atoms with Gasteiger partial charge in [0.05, 0.1) is 11.3 Å². The number of aliphatic imine (C=N–C) groups is 1. The van der Waals surface area contributed by atoms with Crippen LogP contribution < -0.4 is 11.1 Å². The molecule has 0 spiro atoms. The Balaban J connectivity index is 1.92. The van der Waals surface area contributed by atoms with Gasteiger partial charge in [0.15, 0.2) is 5.69 Å². The third-order valence-corrected chi connectivity index (χ3v) is 6.11. The molecule has 1 aliphatic carbocycles. The van der Waals surface area contributed by atoms with E-state index in [-0.39, 0.29) is 17.8 Å². The molecule has 3 rings (SSSR count). The van der Waals surface area contributed by atoms with Crippen molar-refractivity contribution in [3.8, 4) is 0 Å². The molecule has 0 saturated heterocycles. The maximum atomic E-state index is 13.7. The van der Waals surface area contributed by atoms with Crippen molar-refractivity contribution >= 4 is 17.9 Å². The molecule has 10 heteroatoms. The van der Waals surface area contributed by atoms with E-state index in [1.165, 1.54) is 12.3 Å². The van der Waals surface area contributed by atoms with Crippen molar-refractivity contribution in [2.45, 2.75) is 57.0 Å². The summed E-state index contributed by atoms with van der Waals surface area (Å²) in [6.45, 7) is 5.48. The quantitative estimate of drug-likeness (QED) is 0.543. The summed E-state index contributed by atoms with van der Waals surface area (Å²) in [5, 5.41) is 6.32. The lowest BCUT2D eigenvalue weighted by Crippen LogP contribution is -2.42. The number of amides is 1. The fourth-order valence-electron chi connectivity index (χ4n) is 4.30. The molecule has 34 heavy (non-hydrogen) atoms. The van der Waals surface area contributed by atoms with Crippen molar-refractivity contribution < 1.29 is 18.0 Å². The van der Waals surface area contributed by atoms with Crippen molar-refractivity contribution in [2.75, 3.05) is 6.54 Å². The zero-order valence-corrected chi connectivity index (χ0v) is 19.1. The number of pyridine rings is 1. The minimum absolute atomic E-state index is 0.0933. The van der Waals surface area contributed by atoms with Gasteiger partial charge in [-0.25, -0.2) is 4.68 Å². The highest BCUT2D eigenvalue weighted by molar-refractivity contribution is 5.95. The van der Waals surface area contributed by atoms with E-state index in [0.717, 1.165) is 48.5 Å². The van der Waals surface area contributed by atoms with Crippen LogP contribution in [-0.2, 0) is 11.6 Å². The number of carbonyl (C=O) groups is 1. The van der Waals surface area contributed by atoms with Crippen LogP contribution in [0.15, 0.2) is 54.1 Å². The number of hydrogen-bond donors (Lipinski definition) is 2. The summed E-state index contributed by atoms with van der Waals surface area (Å²) in [6.07, 6.45) is 7.44. The Morgan fingerprint density at radius 3 is 2.68 bits per heavy atom. The van der Waals surface area contributed by atoms with Crippen LogP contribution in [0.4, 0.5) is 13.2 Å². The van der Waals surface area contributed by atoms with E-state index in [1.54, 1.807) is 19.3 Å². The molecular formula is C24H29F3N6O. The number of nitrogens with two attached hydrogens (primary N) is 1. The highest BCUT2D eigenvalue weighted by atomic mass is 19.4. The molecule has 3 N–H and O–H groups in total. The predicted octanol–water partition coefficient (Wildman–Crippen LogP) is 4.68. The van der Waals surface area contributed by atoms with Gasteiger partial charge in [-0.2, -0.15) is 18.3 Å². The summed E-state index contributed by atoms with van der Waals surface area (Å²) in [4.78, 5) is 21.3. The maximum absolute atomic E-state index is 13.7. The molecule has 0 unspecified atom stereocenters. The number of halogens is 3. The first-order chi connectivity index (χ1) is 16.2. The van der Waals surface area contributed by atoms with Crippen LogP contribution in [0.3, 0.4) is 0 Å². The number of hydrogen-bond acceptors (Lipinski definition) is 5. The zero-order chi connectivity index (χ0) is 24.8. The first-order valence-corrected chi connectivity index (χ1v) is 11.2. The van der Waals surface area contributed by atoms with Crippen LogP contribution in [-0.4, -0.2) is 33.4 Å². The Morgan fingerprint density at radius 1 is 1.35 bits per heavy atom. The van der Waals surface area contributed by atoms with E-state index in [0.29, 0.717) is 12.1 Å². The van der Waals surface area contributed by atoms with E-state index >= 15 is 0 Å². The van der Waals surface area contributed by atoms with Gasteiger partial charge in [-0.05, 0) is 30.9 Å². The number of carbonyl (C=O) groups excluding carboxylic acids is 1. The fraction of sp³-hybridized carbons (Fsp3) is 0.417. The summed E-state index contributed by atoms with van der Waals surface area (Å²) in [5.41, 5.74) is 5.07. The molecule has 0 radical (unpaired) electrons. The second kappa shape index (κ2) is 10.7. The smallest absolute Gasteiger partial charge is 0.382 e. The molecular weight excluding hydrogens is 445 g/mol. The molecule has 1 amide bonds. The van der Waals surface area contributed by atoms with Gasteiger partial charge in [-0.1, -0.05) is 44.9 Å². The lowest BCUT2D eigenvalue weighted by atomic mass is 9.70. The van der Waals surface area contributed by atoms with E-state index in [9.17, 15) is 18.0 Å². The SMILES string of the molecule is C=C/C=N\C(CC)=C(/N)n1cc(C(=O)NCC2(c3cccnc3)CCCCC2)c(C(F)(F)F)n1. The van der Waals surface area contributed by atoms with E-state index in [4.69, 9.17) is 5.73 Å². The number of nitrogens with zero attached hydrogens (tertiary/aromatic N) is 4. The van der Waals surface area contributed by atoms with Crippen LogP contribution >= 0.6 is 0 Å². The Morgan fingerprint density at radius 2 is 2.09 bits per heavy atom. The van der Waals surface area contributed by atoms with Crippen molar-refractivity contribution in [3.63, 3.8) is 0 Å². The molecule has 182 valence electrons. The van der Waals surface area contributed by atoms with Gasteiger partial charge >= 0.3 is 6.18 Å². The minimum Gasteiger partial charge on any atom is -0.382 e. The number of alkyl halides is 3. The summed E-state index contributed by atoms with van der Waals surface area (Å²) in [7, 11) is 0. The van der Waals surface area contributed by atoms with E-state index < -0.39 is 23.3 Å². The van der Waals surface area contributed by atoms with Crippen LogP contribution in [0.1, 0.15) is 67.1 Å². The average molecular weight is 475 g/mol. The van der Waals surface area contributed by atoms with Crippen molar-refractivity contribution in [2.24, 2.45) is 10.7 Å². The Labute approximate surface area is 196 Å². The molecule has 7 nitrogen and oxygen atoms in total. The third-order valence-electron chi connectivity index (χ3n) is 6.11. The molecule has 1 fully saturated rings. The van der Waals surface area contributed by atoms with Gasteiger partial charge in [-0.15, -0.1) is 0 Å². The number of nitrogens with one attached hydrogen (secondary N) is 1. The van der Waals surface area contributed by atoms with Gasteiger partial charge in [0.25, 0.3) is 5.91 Å². The highest BCUT2D eigenvalue weighted by Crippen LogP contribution is 2.39. The maximum Gasteiger partial charge on any atom is 0.435 e. The van der Waals surface area contributed by atoms with Crippen molar-refractivity contribution in [3.05, 3.63) is 65.9 Å². The molecule has 2 heterocycles. The summed E-state index contributed by atoms with van der Waals surface area (Å²) in [6, 6.07) is 3.78. The molecule has 1 saturated carbocycles. The first-order valence-electron chi connectivity index (χ1n) is 11.2. The normalized spacial score (nSPS) is 16.8. The number of aromatic nitrogens is 3. The van der Waals surface area contributed by atoms with Crippen LogP contribution in [0, 0.1) is 0 Å². The largest absolute Gasteiger partial charge is 0.435 e. The summed E-state index contributed by atoms with van der Waals surface area (Å²) in [5.74, 6) is -0.947. The Hall–Kier alpha value is -3.43. The van der Waals surface area contributed by atoms with Gasteiger partial charge in [0.1, 0.15) is 5.82 Å². The Bertz CT molecular complexity index is 1070. The minimum atomic E-state index is -4.83. The van der Waals surface area contributed by atoms with Gasteiger partial charge in [-0.3, -0.25) is 14.8 Å². The molecule has 2 aromatic rings. The molecule has 1 aliphatic rings. The second-order valence-corrected chi connectivity index (χ2v) is 8.30. The van der Waals surface area contributed by atoms with E-state index in [2.05, 4.69) is 27.0 Å². The second-order valence-electron chi connectivity index (χ2n) is 8.30. The molecule has 0 aliphatic heterocycles. The molecule has 2 aromatic heterocycles. The fourth-order valence-corrected chi connectivity index (χ4v) is 4.30. The first kappa shape index (κ1) is 25.2. The lowest BCUT2D eigenvalue weighted by Gasteiger charge is -2.37. The third kappa shape index (κ3) is 5.55. The predicted molar refractivity (Wildman–Crippen MR) is 125 cm³/mol. The lowest BCUT2D eigenvalue weighted by molar-refractivity contribution is -0.141. The molecule has 0 atom stereocenters. The van der Waals surface area contributed by atoms with E-state index in [1.807, 2.05) is 12.1 Å². The average Bonchev–Trinajstić information content (AvgIpc) is 3.30. The standard InChI is InChI=1S/C24H29F3N6O/c1-3-12-30-19(4-2)21(28)33-15-18(20(32-33)24(25,26)27)22(34)31-16-23(10-6-5-7-11-23)17-9-8-13-29-14-17/h3,8-9,12-15H,1,4-7,10-11,16,28H2,2H3,(H,31,34)/b21-19+,30-12-. The zero-order valence-electron chi connectivity index (χ0n) is 19.1. The molecule has 0 aromatic carbocycles. The summed E-state index contributed by atoms with van der Waals surface area (Å²) < 4.78 is 42.1. The monoisotopic (exact) mass is 474 g/mol. The van der Waals surface area contributed by atoms with Crippen molar-refractivity contribution in [1.29, 1.82) is 0 Å². The van der Waals surface area contributed by atoms with Crippen molar-refractivity contribution in [1.82, 2.24) is 20.1 Å². The summed E-state index contributed by atoms with van der Waals surface area (Å²) >= 11 is 0. The molecule has 0 bridgehead atoms.